The van der Waals surface area contributed by atoms with E-state index in [2.05, 4.69) is 18.2 Å². The van der Waals surface area contributed by atoms with Gasteiger partial charge in [-0.25, -0.2) is 0 Å². The fourth-order valence-corrected chi connectivity index (χ4v) is 2.19. The van der Waals surface area contributed by atoms with Crippen LogP contribution in [-0.4, -0.2) is 20.8 Å². The van der Waals surface area contributed by atoms with Crippen LogP contribution in [0.25, 0.3) is 0 Å². The predicted molar refractivity (Wildman–Crippen MR) is 93.2 cm³/mol. The van der Waals surface area contributed by atoms with E-state index in [9.17, 15) is 0 Å². The van der Waals surface area contributed by atoms with E-state index in [1.807, 2.05) is 63.1 Å². The van der Waals surface area contributed by atoms with Crippen molar-refractivity contribution in [3.63, 3.8) is 0 Å². The van der Waals surface area contributed by atoms with Crippen molar-refractivity contribution in [1.82, 2.24) is 5.32 Å². The summed E-state index contributed by atoms with van der Waals surface area (Å²) < 4.78 is 10.5. The summed E-state index contributed by atoms with van der Waals surface area (Å²) in [5.74, 6) is 2.83. The first-order chi connectivity index (χ1) is 11.3. The minimum Gasteiger partial charge on any atom is -0.493 e. The van der Waals surface area contributed by atoms with Crippen molar-refractivity contribution in [2.24, 2.45) is 0 Å². The molecule has 1 aromatic carbocycles. The molecular weight excluding hydrogens is 342 g/mol. The van der Waals surface area contributed by atoms with Crippen LogP contribution in [0.5, 0.6) is 11.5 Å². The van der Waals surface area contributed by atoms with E-state index in [4.69, 9.17) is 9.47 Å². The van der Waals surface area contributed by atoms with Crippen LogP contribution >= 0.6 is 0 Å². The van der Waals surface area contributed by atoms with Gasteiger partial charge in [-0.05, 0) is 81.4 Å². The monoisotopic (exact) mass is 365 g/mol. The Hall–Kier alpha value is -0.701. The van der Waals surface area contributed by atoms with Crippen molar-refractivity contribution >= 4 is 0 Å². The fourth-order valence-electron chi connectivity index (χ4n) is 2.19. The molecule has 2 aliphatic rings. The van der Waals surface area contributed by atoms with E-state index in [1.165, 1.54) is 11.5 Å². The van der Waals surface area contributed by atoms with Crippen molar-refractivity contribution in [1.29, 1.82) is 0 Å². The minimum atomic E-state index is 0. The van der Waals surface area contributed by atoms with Crippen LogP contribution in [0.15, 0.2) is 18.2 Å². The molecule has 2 aliphatic carbocycles. The third kappa shape index (κ3) is 7.46. The summed E-state index contributed by atoms with van der Waals surface area (Å²) in [4.78, 5) is 0. The molecule has 0 aromatic heterocycles. The molecule has 0 atom stereocenters. The van der Waals surface area contributed by atoms with Gasteiger partial charge in [0, 0.05) is 13.1 Å². The molecule has 2 fully saturated rings. The predicted octanol–water partition coefficient (Wildman–Crippen LogP) is 3.22. The quantitative estimate of drug-likeness (QED) is 0.786. The van der Waals surface area contributed by atoms with Crippen LogP contribution in [0.1, 0.15) is 5.56 Å². The first-order valence-corrected chi connectivity index (χ1v) is 7.62. The van der Waals surface area contributed by atoms with Gasteiger partial charge in [-0.1, -0.05) is 6.07 Å². The molecule has 3 rings (SSSR count). The SMILES string of the molecule is COc1ccc(CNC[C]2[CH][CH][CH][CH]2)cc1OC.[CH]1[CH][CH][CH][CH]1.[Fe+2]. The topological polar surface area (TPSA) is 30.5 Å². The van der Waals surface area contributed by atoms with Gasteiger partial charge < -0.3 is 14.8 Å². The normalized spacial score (nSPS) is 16.9. The molecule has 24 heavy (non-hydrogen) atoms. The molecule has 0 unspecified atom stereocenters. The zero-order chi connectivity index (χ0) is 16.3. The van der Waals surface area contributed by atoms with Crippen LogP contribution < -0.4 is 14.8 Å². The van der Waals surface area contributed by atoms with Crippen molar-refractivity contribution in [3.05, 3.63) is 87.5 Å². The maximum absolute atomic E-state index is 5.28. The first kappa shape index (κ1) is 21.3. The number of ether oxygens (including phenoxy) is 2. The molecule has 0 aliphatic heterocycles. The van der Waals surface area contributed by atoms with Gasteiger partial charge in [-0.3, -0.25) is 0 Å². The summed E-state index contributed by atoms with van der Waals surface area (Å²) in [5, 5.41) is 3.40. The van der Waals surface area contributed by atoms with E-state index >= 15 is 0 Å². The van der Waals surface area contributed by atoms with E-state index in [-0.39, 0.29) is 17.1 Å². The van der Waals surface area contributed by atoms with Gasteiger partial charge in [0.15, 0.2) is 11.5 Å². The Morgan fingerprint density at radius 2 is 1.33 bits per heavy atom. The van der Waals surface area contributed by atoms with Crippen molar-refractivity contribution < 1.29 is 26.5 Å². The largest absolute Gasteiger partial charge is 2.00 e. The van der Waals surface area contributed by atoms with Crippen molar-refractivity contribution in [2.45, 2.75) is 6.54 Å². The van der Waals surface area contributed by atoms with E-state index in [0.29, 0.717) is 0 Å². The smallest absolute Gasteiger partial charge is 0.493 e. The Bertz CT molecular complexity index is 436. The van der Waals surface area contributed by atoms with Crippen LogP contribution in [0.4, 0.5) is 0 Å². The summed E-state index contributed by atoms with van der Waals surface area (Å²) >= 11 is 0. The van der Waals surface area contributed by atoms with Crippen molar-refractivity contribution in [2.75, 3.05) is 20.8 Å². The van der Waals surface area contributed by atoms with Gasteiger partial charge in [0.25, 0.3) is 0 Å². The molecule has 4 heteroatoms. The standard InChI is InChI=1S/C15H18NO2.C5H5.Fe/c1-17-14-8-7-13(9-15(14)18-2)11-16-10-12-5-3-4-6-12;1-2-4-5-3-1;/h3-9,16H,10-11H2,1-2H3;1-5H;/q;;+2. The summed E-state index contributed by atoms with van der Waals surface area (Å²) in [6, 6.07) is 5.97. The molecule has 0 saturated heterocycles. The number of rotatable bonds is 6. The number of hydrogen-bond acceptors (Lipinski definition) is 3. The fraction of sp³-hybridized carbons (Fsp3) is 0.200. The van der Waals surface area contributed by atoms with Gasteiger partial charge in [0.2, 0.25) is 0 Å². The zero-order valence-electron chi connectivity index (χ0n) is 14.0. The second kappa shape index (κ2) is 12.6. The zero-order valence-corrected chi connectivity index (χ0v) is 15.1. The van der Waals surface area contributed by atoms with Crippen LogP contribution in [0.2, 0.25) is 0 Å². The molecule has 0 heterocycles. The van der Waals surface area contributed by atoms with E-state index in [0.717, 1.165) is 24.6 Å². The molecule has 0 amide bonds. The maximum Gasteiger partial charge on any atom is 2.00 e. The second-order valence-corrected chi connectivity index (χ2v) is 5.05. The summed E-state index contributed by atoms with van der Waals surface area (Å²) in [7, 11) is 3.30. The number of nitrogens with one attached hydrogen (secondary N) is 1. The molecule has 10 radical (unpaired) electrons. The Labute approximate surface area is 158 Å². The van der Waals surface area contributed by atoms with Crippen LogP contribution in [0, 0.1) is 63.7 Å². The van der Waals surface area contributed by atoms with E-state index in [1.54, 1.807) is 14.2 Å². The minimum absolute atomic E-state index is 0. The number of hydrogen-bond donors (Lipinski definition) is 1. The Morgan fingerprint density at radius 1 is 0.750 bits per heavy atom. The molecule has 126 valence electrons. The van der Waals surface area contributed by atoms with Crippen LogP contribution in [-0.2, 0) is 23.6 Å². The summed E-state index contributed by atoms with van der Waals surface area (Å²) in [6.07, 6.45) is 18.3. The van der Waals surface area contributed by atoms with Gasteiger partial charge in [-0.2, -0.15) is 0 Å². The number of benzene rings is 1. The maximum atomic E-state index is 5.28. The Morgan fingerprint density at radius 3 is 1.88 bits per heavy atom. The Kier molecular flexibility index (Phi) is 11.2. The van der Waals surface area contributed by atoms with Crippen molar-refractivity contribution in [3.8, 4) is 11.5 Å². The van der Waals surface area contributed by atoms with Gasteiger partial charge in [-0.15, -0.1) is 0 Å². The summed E-state index contributed by atoms with van der Waals surface area (Å²) in [6.45, 7) is 1.69. The van der Waals surface area contributed by atoms with E-state index < -0.39 is 0 Å². The molecule has 0 spiro atoms. The molecule has 3 nitrogen and oxygen atoms in total. The third-order valence-electron chi connectivity index (χ3n) is 3.39. The molecular formula is C20H23FeNO2+2. The average Bonchev–Trinajstić information content (AvgIpc) is 3.31. The van der Waals surface area contributed by atoms with Gasteiger partial charge in [0.1, 0.15) is 0 Å². The van der Waals surface area contributed by atoms with Crippen LogP contribution in [0.3, 0.4) is 0 Å². The molecule has 0 bridgehead atoms. The number of methoxy groups -OCH3 is 2. The summed E-state index contributed by atoms with van der Waals surface area (Å²) in [5.41, 5.74) is 1.18. The molecule has 1 aromatic rings. The van der Waals surface area contributed by atoms with Gasteiger partial charge >= 0.3 is 17.1 Å². The molecule has 2 saturated carbocycles. The Balaban J connectivity index is 0.000000412. The third-order valence-corrected chi connectivity index (χ3v) is 3.39. The second-order valence-electron chi connectivity index (χ2n) is 5.05. The van der Waals surface area contributed by atoms with Gasteiger partial charge in [0.05, 0.1) is 14.2 Å². The molecule has 1 N–H and O–H groups in total. The average molecular weight is 365 g/mol. The first-order valence-electron chi connectivity index (χ1n) is 7.62.